The SMILES string of the molecule is C/C(=C\c1ccc(Cl)cc1)C(=O)NCC(=O)N1CCCCC1. The van der Waals surface area contributed by atoms with Crippen molar-refractivity contribution in [3.8, 4) is 0 Å². The maximum Gasteiger partial charge on any atom is 0.247 e. The van der Waals surface area contributed by atoms with E-state index in [1.807, 2.05) is 17.0 Å². The Balaban J connectivity index is 1.85. The van der Waals surface area contributed by atoms with Gasteiger partial charge < -0.3 is 10.2 Å². The van der Waals surface area contributed by atoms with Gasteiger partial charge in [-0.2, -0.15) is 0 Å². The molecule has 1 fully saturated rings. The van der Waals surface area contributed by atoms with E-state index in [1.165, 1.54) is 6.42 Å². The molecule has 0 unspecified atom stereocenters. The lowest BCUT2D eigenvalue weighted by molar-refractivity contribution is -0.132. The highest BCUT2D eigenvalue weighted by Crippen LogP contribution is 2.12. The molecule has 2 amide bonds. The third kappa shape index (κ3) is 4.88. The first-order valence-electron chi connectivity index (χ1n) is 7.56. The molecule has 1 aromatic carbocycles. The lowest BCUT2D eigenvalue weighted by atomic mass is 10.1. The second-order valence-electron chi connectivity index (χ2n) is 5.50. The van der Waals surface area contributed by atoms with Crippen molar-refractivity contribution >= 4 is 29.5 Å². The van der Waals surface area contributed by atoms with Crippen molar-refractivity contribution in [2.45, 2.75) is 26.2 Å². The second kappa shape index (κ2) is 7.99. The van der Waals surface area contributed by atoms with Crippen LogP contribution in [-0.2, 0) is 9.59 Å². The molecule has 22 heavy (non-hydrogen) atoms. The molecule has 0 atom stereocenters. The van der Waals surface area contributed by atoms with Crippen molar-refractivity contribution in [3.63, 3.8) is 0 Å². The van der Waals surface area contributed by atoms with Crippen LogP contribution in [0.2, 0.25) is 5.02 Å². The Morgan fingerprint density at radius 3 is 2.45 bits per heavy atom. The van der Waals surface area contributed by atoms with Crippen molar-refractivity contribution in [1.29, 1.82) is 0 Å². The Bertz CT molecular complexity index is 561. The summed E-state index contributed by atoms with van der Waals surface area (Å²) in [4.78, 5) is 25.8. The summed E-state index contributed by atoms with van der Waals surface area (Å²) in [6.07, 6.45) is 5.06. The van der Waals surface area contributed by atoms with Crippen molar-refractivity contribution in [1.82, 2.24) is 10.2 Å². The van der Waals surface area contributed by atoms with Gasteiger partial charge in [0, 0.05) is 23.7 Å². The average molecular weight is 321 g/mol. The zero-order valence-electron chi connectivity index (χ0n) is 12.8. The van der Waals surface area contributed by atoms with Crippen LogP contribution in [0.25, 0.3) is 6.08 Å². The molecule has 0 spiro atoms. The molecule has 1 N–H and O–H groups in total. The summed E-state index contributed by atoms with van der Waals surface area (Å²) in [5, 5.41) is 3.35. The van der Waals surface area contributed by atoms with Gasteiger partial charge in [-0.3, -0.25) is 9.59 Å². The maximum absolute atomic E-state index is 12.0. The molecule has 0 bridgehead atoms. The first-order valence-corrected chi connectivity index (χ1v) is 7.94. The van der Waals surface area contributed by atoms with Crippen LogP contribution in [-0.4, -0.2) is 36.3 Å². The lowest BCUT2D eigenvalue weighted by Crippen LogP contribution is -2.42. The average Bonchev–Trinajstić information content (AvgIpc) is 2.55. The fourth-order valence-electron chi connectivity index (χ4n) is 2.42. The second-order valence-corrected chi connectivity index (χ2v) is 5.94. The third-order valence-corrected chi connectivity index (χ3v) is 3.97. The van der Waals surface area contributed by atoms with Gasteiger partial charge in [-0.05, 0) is 50.0 Å². The summed E-state index contributed by atoms with van der Waals surface area (Å²) in [7, 11) is 0. The van der Waals surface area contributed by atoms with E-state index in [9.17, 15) is 9.59 Å². The van der Waals surface area contributed by atoms with Crippen LogP contribution in [0.4, 0.5) is 0 Å². The monoisotopic (exact) mass is 320 g/mol. The summed E-state index contributed by atoms with van der Waals surface area (Å²) in [6, 6.07) is 7.24. The van der Waals surface area contributed by atoms with Crippen molar-refractivity contribution < 1.29 is 9.59 Å². The minimum atomic E-state index is -0.222. The highest BCUT2D eigenvalue weighted by atomic mass is 35.5. The summed E-state index contributed by atoms with van der Waals surface area (Å²) in [6.45, 7) is 3.39. The Kier molecular flexibility index (Phi) is 6.01. The molecule has 0 saturated carbocycles. The molecule has 0 aliphatic carbocycles. The number of hydrogen-bond acceptors (Lipinski definition) is 2. The van der Waals surface area contributed by atoms with Gasteiger partial charge in [0.05, 0.1) is 6.54 Å². The van der Waals surface area contributed by atoms with Gasteiger partial charge in [-0.25, -0.2) is 0 Å². The van der Waals surface area contributed by atoms with E-state index in [2.05, 4.69) is 5.32 Å². The van der Waals surface area contributed by atoms with Gasteiger partial charge in [-0.1, -0.05) is 23.7 Å². The van der Waals surface area contributed by atoms with Gasteiger partial charge in [0.25, 0.3) is 0 Å². The summed E-state index contributed by atoms with van der Waals surface area (Å²) >= 11 is 5.83. The molecule has 1 aliphatic rings. The third-order valence-electron chi connectivity index (χ3n) is 3.72. The van der Waals surface area contributed by atoms with Crippen LogP contribution in [0.5, 0.6) is 0 Å². The number of amides is 2. The Labute approximate surface area is 136 Å². The molecule has 0 aromatic heterocycles. The molecule has 1 aliphatic heterocycles. The smallest absolute Gasteiger partial charge is 0.247 e. The summed E-state index contributed by atoms with van der Waals surface area (Å²) in [5.74, 6) is -0.229. The topological polar surface area (TPSA) is 49.4 Å². The lowest BCUT2D eigenvalue weighted by Gasteiger charge is -2.26. The number of nitrogens with zero attached hydrogens (tertiary/aromatic N) is 1. The van der Waals surface area contributed by atoms with Crippen LogP contribution in [0.1, 0.15) is 31.7 Å². The predicted molar refractivity (Wildman–Crippen MR) is 88.5 cm³/mol. The van der Waals surface area contributed by atoms with E-state index in [4.69, 9.17) is 11.6 Å². The number of rotatable bonds is 4. The highest BCUT2D eigenvalue weighted by Gasteiger charge is 2.17. The molecule has 1 saturated heterocycles. The molecule has 1 aromatic rings. The van der Waals surface area contributed by atoms with Crippen LogP contribution in [0.15, 0.2) is 29.8 Å². The minimum absolute atomic E-state index is 0.00709. The number of piperidine rings is 1. The first kappa shape index (κ1) is 16.6. The largest absolute Gasteiger partial charge is 0.343 e. The number of benzene rings is 1. The van der Waals surface area contributed by atoms with Crippen molar-refractivity contribution in [2.24, 2.45) is 0 Å². The molecular formula is C17H21ClN2O2. The Morgan fingerprint density at radius 2 is 1.82 bits per heavy atom. The Hall–Kier alpha value is -1.81. The molecule has 1 heterocycles. The maximum atomic E-state index is 12.0. The molecule has 0 radical (unpaired) electrons. The summed E-state index contributed by atoms with van der Waals surface area (Å²) < 4.78 is 0. The predicted octanol–water partition coefficient (Wildman–Crippen LogP) is 2.87. The minimum Gasteiger partial charge on any atom is -0.343 e. The van der Waals surface area contributed by atoms with Crippen LogP contribution < -0.4 is 5.32 Å². The number of carbonyl (C=O) groups excluding carboxylic acids is 2. The summed E-state index contributed by atoms with van der Waals surface area (Å²) in [5.41, 5.74) is 1.47. The van der Waals surface area contributed by atoms with E-state index >= 15 is 0 Å². The van der Waals surface area contributed by atoms with Gasteiger partial charge in [-0.15, -0.1) is 0 Å². The fraction of sp³-hybridized carbons (Fsp3) is 0.412. The molecule has 118 valence electrons. The molecule has 2 rings (SSSR count). The van der Waals surface area contributed by atoms with Crippen LogP contribution in [0, 0.1) is 0 Å². The van der Waals surface area contributed by atoms with E-state index in [1.54, 1.807) is 25.1 Å². The van der Waals surface area contributed by atoms with Crippen LogP contribution >= 0.6 is 11.6 Å². The molecular weight excluding hydrogens is 300 g/mol. The van der Waals surface area contributed by atoms with Crippen molar-refractivity contribution in [3.05, 3.63) is 40.4 Å². The van der Waals surface area contributed by atoms with Crippen molar-refractivity contribution in [2.75, 3.05) is 19.6 Å². The van der Waals surface area contributed by atoms with Gasteiger partial charge in [0.15, 0.2) is 0 Å². The zero-order chi connectivity index (χ0) is 15.9. The quantitative estimate of drug-likeness (QED) is 0.867. The fourth-order valence-corrected chi connectivity index (χ4v) is 2.55. The van der Waals surface area contributed by atoms with E-state index in [0.29, 0.717) is 10.6 Å². The number of nitrogens with one attached hydrogen (secondary N) is 1. The number of likely N-dealkylation sites (tertiary alicyclic amines) is 1. The number of halogens is 1. The van der Waals surface area contributed by atoms with E-state index < -0.39 is 0 Å². The molecule has 5 heteroatoms. The van der Waals surface area contributed by atoms with Crippen LogP contribution in [0.3, 0.4) is 0 Å². The number of carbonyl (C=O) groups is 2. The highest BCUT2D eigenvalue weighted by molar-refractivity contribution is 6.30. The normalized spacial score (nSPS) is 15.5. The first-order chi connectivity index (χ1) is 10.6. The Morgan fingerprint density at radius 1 is 1.18 bits per heavy atom. The van der Waals surface area contributed by atoms with Gasteiger partial charge in [0.1, 0.15) is 0 Å². The number of hydrogen-bond donors (Lipinski definition) is 1. The van der Waals surface area contributed by atoms with Gasteiger partial charge in [0.2, 0.25) is 11.8 Å². The van der Waals surface area contributed by atoms with E-state index in [-0.39, 0.29) is 18.4 Å². The standard InChI is InChI=1S/C17H21ClN2O2/c1-13(11-14-5-7-15(18)8-6-14)17(22)19-12-16(21)20-9-3-2-4-10-20/h5-8,11H,2-4,9-10,12H2,1H3,(H,19,22)/b13-11+. The van der Waals surface area contributed by atoms with Gasteiger partial charge >= 0.3 is 0 Å². The zero-order valence-corrected chi connectivity index (χ0v) is 13.5. The van der Waals surface area contributed by atoms with E-state index in [0.717, 1.165) is 31.5 Å². The molecule has 4 nitrogen and oxygen atoms in total.